The Bertz CT molecular complexity index is 1030. The number of halogens is 4. The minimum atomic E-state index is -5.08. The molecule has 0 aliphatic rings. The Morgan fingerprint density at radius 2 is 1.84 bits per heavy atom. The minimum Gasteiger partial charge on any atom is -0.496 e. The van der Waals surface area contributed by atoms with Crippen LogP contribution in [0.3, 0.4) is 0 Å². The molecule has 0 unspecified atom stereocenters. The molecule has 172 valence electrons. The van der Waals surface area contributed by atoms with E-state index in [4.69, 9.17) is 14.6 Å². The fourth-order valence-corrected chi connectivity index (χ4v) is 3.19. The van der Waals surface area contributed by atoms with Gasteiger partial charge in [0.1, 0.15) is 11.6 Å². The van der Waals surface area contributed by atoms with Crippen LogP contribution >= 0.6 is 0 Å². The highest BCUT2D eigenvalue weighted by atomic mass is 19.4. The summed E-state index contributed by atoms with van der Waals surface area (Å²) in [5, 5.41) is 7.12. The topological polar surface area (TPSA) is 64.4 Å². The molecule has 5 nitrogen and oxygen atoms in total. The molecule has 0 radical (unpaired) electrons. The Balaban J connectivity index is 0.000000451. The summed E-state index contributed by atoms with van der Waals surface area (Å²) >= 11 is 0. The van der Waals surface area contributed by atoms with E-state index in [0.717, 1.165) is 36.4 Å². The van der Waals surface area contributed by atoms with Crippen LogP contribution in [-0.2, 0) is 30.6 Å². The normalized spacial score (nSPS) is 10.9. The number of methoxy groups -OCH3 is 1. The van der Waals surface area contributed by atoms with Crippen molar-refractivity contribution in [2.45, 2.75) is 38.9 Å². The number of carbonyl (C=O) groups is 1. The Morgan fingerprint density at radius 1 is 1.16 bits per heavy atom. The number of imidazole rings is 1. The number of ether oxygens (including phenoxy) is 1. The molecule has 32 heavy (non-hydrogen) atoms. The van der Waals surface area contributed by atoms with Gasteiger partial charge in [0.15, 0.2) is 0 Å². The zero-order valence-electron chi connectivity index (χ0n) is 17.7. The van der Waals surface area contributed by atoms with Gasteiger partial charge in [-0.3, -0.25) is 0 Å². The molecule has 0 atom stereocenters. The van der Waals surface area contributed by atoms with Crippen LogP contribution in [0.4, 0.5) is 17.6 Å². The summed E-state index contributed by atoms with van der Waals surface area (Å²) in [5.41, 5.74) is 4.37. The first-order valence-electron chi connectivity index (χ1n) is 9.85. The molecule has 0 saturated heterocycles. The minimum absolute atomic E-state index is 0.203. The molecule has 2 aromatic carbocycles. The van der Waals surface area contributed by atoms with E-state index in [1.807, 2.05) is 30.6 Å². The quantitative estimate of drug-likeness (QED) is 0.509. The van der Waals surface area contributed by atoms with Crippen LogP contribution in [0.2, 0.25) is 0 Å². The van der Waals surface area contributed by atoms with Crippen molar-refractivity contribution in [3.05, 3.63) is 83.2 Å². The monoisotopic (exact) mass is 452 g/mol. The van der Waals surface area contributed by atoms with E-state index in [9.17, 15) is 17.6 Å². The number of benzene rings is 2. The number of rotatable bonds is 7. The van der Waals surface area contributed by atoms with E-state index in [1.54, 1.807) is 19.2 Å². The highest BCUT2D eigenvalue weighted by Gasteiger charge is 2.38. The zero-order valence-corrected chi connectivity index (χ0v) is 17.7. The summed E-state index contributed by atoms with van der Waals surface area (Å²) < 4.78 is 52.8. The van der Waals surface area contributed by atoms with Crippen molar-refractivity contribution in [3.63, 3.8) is 0 Å². The van der Waals surface area contributed by atoms with E-state index in [1.165, 1.54) is 17.3 Å². The number of hydrogen-bond donors (Lipinski definition) is 1. The van der Waals surface area contributed by atoms with E-state index in [2.05, 4.69) is 22.5 Å². The molecule has 0 aliphatic heterocycles. The molecular formula is C23H24F4N2O3. The molecule has 1 aromatic heterocycles. The van der Waals surface area contributed by atoms with Crippen molar-refractivity contribution in [1.29, 1.82) is 0 Å². The van der Waals surface area contributed by atoms with Crippen LogP contribution in [-0.4, -0.2) is 33.9 Å². The molecular weight excluding hydrogens is 428 g/mol. The molecule has 0 amide bonds. The maximum atomic E-state index is 13.4. The van der Waals surface area contributed by atoms with Gasteiger partial charge in [-0.2, -0.15) is 13.2 Å². The van der Waals surface area contributed by atoms with Gasteiger partial charge in [0, 0.05) is 18.7 Å². The van der Waals surface area contributed by atoms with Crippen molar-refractivity contribution in [1.82, 2.24) is 9.55 Å². The van der Waals surface area contributed by atoms with Gasteiger partial charge in [-0.15, -0.1) is 0 Å². The number of alkyl halides is 3. The van der Waals surface area contributed by atoms with Crippen molar-refractivity contribution in [3.8, 4) is 5.75 Å². The Morgan fingerprint density at radius 3 is 2.44 bits per heavy atom. The van der Waals surface area contributed by atoms with Crippen molar-refractivity contribution in [2.24, 2.45) is 0 Å². The zero-order chi connectivity index (χ0) is 23.7. The molecule has 0 saturated carbocycles. The number of carboxylic acids is 1. The van der Waals surface area contributed by atoms with Gasteiger partial charge < -0.3 is 14.4 Å². The molecule has 9 heteroatoms. The van der Waals surface area contributed by atoms with Gasteiger partial charge in [0.05, 0.1) is 19.1 Å². The highest BCUT2D eigenvalue weighted by molar-refractivity contribution is 5.73. The summed E-state index contributed by atoms with van der Waals surface area (Å²) in [4.78, 5) is 13.5. The third kappa shape index (κ3) is 7.11. The lowest BCUT2D eigenvalue weighted by Gasteiger charge is -2.11. The number of nitrogens with zero attached hydrogens (tertiary/aromatic N) is 2. The number of carboxylic acid groups (broad SMARTS) is 1. The van der Waals surface area contributed by atoms with E-state index < -0.39 is 12.1 Å². The molecule has 0 aliphatic carbocycles. The lowest BCUT2D eigenvalue weighted by molar-refractivity contribution is -0.192. The summed E-state index contributed by atoms with van der Waals surface area (Å²) in [7, 11) is 1.70. The molecule has 3 rings (SSSR count). The number of aromatic nitrogens is 2. The molecule has 0 fully saturated rings. The fourth-order valence-electron chi connectivity index (χ4n) is 3.19. The lowest BCUT2D eigenvalue weighted by Crippen LogP contribution is -2.21. The van der Waals surface area contributed by atoms with E-state index in [0.29, 0.717) is 6.42 Å². The molecule has 1 heterocycles. The highest BCUT2D eigenvalue weighted by Crippen LogP contribution is 2.20. The van der Waals surface area contributed by atoms with Gasteiger partial charge in [-0.25, -0.2) is 14.2 Å². The van der Waals surface area contributed by atoms with Crippen LogP contribution in [0, 0.1) is 5.82 Å². The first-order chi connectivity index (χ1) is 15.2. The maximum Gasteiger partial charge on any atom is 0.490 e. The second-order valence-electron chi connectivity index (χ2n) is 6.86. The first kappa shape index (κ1) is 24.9. The largest absolute Gasteiger partial charge is 0.496 e. The first-order valence-corrected chi connectivity index (χ1v) is 9.85. The average molecular weight is 452 g/mol. The van der Waals surface area contributed by atoms with Gasteiger partial charge in [0.25, 0.3) is 0 Å². The number of hydrogen-bond acceptors (Lipinski definition) is 3. The van der Waals surface area contributed by atoms with E-state index >= 15 is 0 Å². The molecule has 0 spiro atoms. The second kappa shape index (κ2) is 11.3. The summed E-state index contributed by atoms with van der Waals surface area (Å²) in [5.74, 6) is -2.04. The fraction of sp³-hybridized carbons (Fsp3) is 0.304. The lowest BCUT2D eigenvalue weighted by atomic mass is 10.1. The standard InChI is InChI=1S/C21H23FN2O.C2HF3O2/c1-3-20-19(14-16-7-6-9-18(22)13-16)23-15-24(20)12-11-17-8-4-5-10-21(17)25-2;3-2(4,5)1(6)7/h4-10,13,15H,3,11-12,14H2,1-2H3;(H,6,7). The molecule has 3 aromatic rings. The van der Waals surface area contributed by atoms with E-state index in [-0.39, 0.29) is 5.82 Å². The summed E-state index contributed by atoms with van der Waals surface area (Å²) in [6.07, 6.45) is -0.755. The van der Waals surface area contributed by atoms with Crippen LogP contribution in [0.15, 0.2) is 54.9 Å². The van der Waals surface area contributed by atoms with Crippen molar-refractivity contribution >= 4 is 5.97 Å². The Hall–Kier alpha value is -3.36. The number of para-hydroxylation sites is 1. The van der Waals surface area contributed by atoms with Gasteiger partial charge in [0.2, 0.25) is 0 Å². The predicted molar refractivity (Wildman–Crippen MR) is 111 cm³/mol. The maximum absolute atomic E-state index is 13.4. The SMILES string of the molecule is CCc1c(Cc2cccc(F)c2)ncn1CCc1ccccc1OC.O=C(O)C(F)(F)F. The molecule has 1 N–H and O–H groups in total. The predicted octanol–water partition coefficient (Wildman–Crippen LogP) is 5.06. The smallest absolute Gasteiger partial charge is 0.490 e. The summed E-state index contributed by atoms with van der Waals surface area (Å²) in [6, 6.07) is 14.8. The average Bonchev–Trinajstić information content (AvgIpc) is 3.13. The van der Waals surface area contributed by atoms with Gasteiger partial charge in [-0.05, 0) is 42.2 Å². The second-order valence-corrected chi connectivity index (χ2v) is 6.86. The van der Waals surface area contributed by atoms with Crippen molar-refractivity contribution < 1.29 is 32.2 Å². The van der Waals surface area contributed by atoms with Crippen LogP contribution in [0.1, 0.15) is 29.4 Å². The number of aryl methyl sites for hydroxylation is 2. The van der Waals surface area contributed by atoms with Crippen LogP contribution in [0.25, 0.3) is 0 Å². The Kier molecular flexibility index (Phi) is 8.80. The molecule has 0 bridgehead atoms. The van der Waals surface area contributed by atoms with Gasteiger partial charge in [-0.1, -0.05) is 37.3 Å². The third-order valence-electron chi connectivity index (χ3n) is 4.69. The third-order valence-corrected chi connectivity index (χ3v) is 4.69. The Labute approximate surface area is 183 Å². The van der Waals surface area contributed by atoms with Crippen LogP contribution in [0.5, 0.6) is 5.75 Å². The van der Waals surface area contributed by atoms with Crippen LogP contribution < -0.4 is 4.74 Å². The summed E-state index contributed by atoms with van der Waals surface area (Å²) in [6.45, 7) is 2.98. The van der Waals surface area contributed by atoms with Crippen molar-refractivity contribution in [2.75, 3.05) is 7.11 Å². The number of aliphatic carboxylic acids is 1. The van der Waals surface area contributed by atoms with Gasteiger partial charge >= 0.3 is 12.1 Å².